The second-order valence-corrected chi connectivity index (χ2v) is 4.80. The Morgan fingerprint density at radius 3 is 2.94 bits per heavy atom. The molecule has 0 aliphatic carbocycles. The van der Waals surface area contributed by atoms with Crippen molar-refractivity contribution in [2.24, 2.45) is 0 Å². The van der Waals surface area contributed by atoms with E-state index in [1.165, 1.54) is 5.54 Å². The predicted molar refractivity (Wildman–Crippen MR) is 76.7 cm³/mol. The minimum absolute atomic E-state index is 0.257. The van der Waals surface area contributed by atoms with E-state index >= 15 is 0 Å². The average molecular weight is 319 g/mol. The highest BCUT2D eigenvalue weighted by Gasteiger charge is 2.11. The molecule has 0 amide bonds. The molecule has 0 radical (unpaired) electrons. The van der Waals surface area contributed by atoms with Gasteiger partial charge in [0.05, 0.1) is 0 Å². The van der Waals surface area contributed by atoms with Crippen LogP contribution in [0.5, 0.6) is 5.75 Å². The summed E-state index contributed by atoms with van der Waals surface area (Å²) in [5.41, 5.74) is 2.61. The third kappa shape index (κ3) is 4.70. The van der Waals surface area contributed by atoms with E-state index in [0.717, 1.165) is 22.3 Å². The van der Waals surface area contributed by atoms with Gasteiger partial charge in [-0.05, 0) is 37.7 Å². The maximum absolute atomic E-state index is 5.67. The summed E-state index contributed by atoms with van der Waals surface area (Å²) in [4.78, 5) is 0. The van der Waals surface area contributed by atoms with Crippen LogP contribution < -0.4 is 10.1 Å². The molecule has 1 aromatic carbocycles. The molecule has 4 heteroatoms. The number of ether oxygens (including phenoxy) is 1. The van der Waals surface area contributed by atoms with Gasteiger partial charge in [-0.15, -0.1) is 0 Å². The van der Waals surface area contributed by atoms with Crippen LogP contribution >= 0.6 is 27.5 Å². The van der Waals surface area contributed by atoms with Crippen LogP contribution in [-0.2, 0) is 0 Å². The Hall–Kier alpha value is -0.510. The molecule has 0 aliphatic rings. The Labute approximate surface area is 116 Å². The van der Waals surface area contributed by atoms with Gasteiger partial charge < -0.3 is 10.1 Å². The molecule has 1 N–H and O–H groups in total. The Kier molecular flexibility index (Phi) is 6.63. The van der Waals surface area contributed by atoms with Crippen LogP contribution in [0, 0.1) is 0 Å². The molecule has 0 bridgehead atoms. The van der Waals surface area contributed by atoms with E-state index in [2.05, 4.69) is 41.2 Å². The molecule has 0 saturated heterocycles. The molecule has 1 aromatic rings. The number of halogens is 2. The quantitative estimate of drug-likeness (QED) is 0.846. The number of nitrogens with one attached hydrogen (secondary N) is 1. The molecule has 0 saturated carbocycles. The summed E-state index contributed by atoms with van der Waals surface area (Å²) in [6.07, 6.45) is 1.77. The highest BCUT2D eigenvalue weighted by Crippen LogP contribution is 2.28. The molecular formula is C13H17BrClNO. The fourth-order valence-corrected chi connectivity index (χ4v) is 2.03. The fourth-order valence-electron chi connectivity index (χ4n) is 1.58. The second-order valence-electron chi connectivity index (χ2n) is 3.63. The number of benzene rings is 1. The summed E-state index contributed by atoms with van der Waals surface area (Å²) >= 11 is 8.94. The molecule has 0 fully saturated rings. The van der Waals surface area contributed by atoms with Gasteiger partial charge >= 0.3 is 0 Å². The first-order valence-electron chi connectivity index (χ1n) is 5.59. The highest BCUT2D eigenvalue weighted by molar-refractivity contribution is 9.10. The Bertz CT molecular complexity index is 382. The molecule has 1 atom stereocenters. The molecule has 0 spiro atoms. The molecular weight excluding hydrogens is 302 g/mol. The van der Waals surface area contributed by atoms with E-state index in [4.69, 9.17) is 16.3 Å². The van der Waals surface area contributed by atoms with Crippen LogP contribution in [0.4, 0.5) is 0 Å². The molecule has 1 unspecified atom stereocenters. The van der Waals surface area contributed by atoms with Crippen molar-refractivity contribution in [3.8, 4) is 5.75 Å². The van der Waals surface area contributed by atoms with E-state index in [1.54, 1.807) is 6.08 Å². The summed E-state index contributed by atoms with van der Waals surface area (Å²) in [6.45, 7) is 5.62. The third-order valence-electron chi connectivity index (χ3n) is 2.37. The molecule has 0 aliphatic heterocycles. The largest absolute Gasteiger partial charge is 0.489 e. The maximum Gasteiger partial charge on any atom is 0.124 e. The zero-order valence-corrected chi connectivity index (χ0v) is 12.4. The Morgan fingerprint density at radius 1 is 1.53 bits per heavy atom. The third-order valence-corrected chi connectivity index (χ3v) is 3.04. The van der Waals surface area contributed by atoms with Crippen LogP contribution in [0.25, 0.3) is 0 Å². The predicted octanol–water partition coefficient (Wildman–Crippen LogP) is 4.25. The van der Waals surface area contributed by atoms with E-state index in [1.807, 2.05) is 12.1 Å². The summed E-state index contributed by atoms with van der Waals surface area (Å²) in [7, 11) is 0. The number of hydrogen-bond acceptors (Lipinski definition) is 2. The molecule has 0 heterocycles. The van der Waals surface area contributed by atoms with Crippen molar-refractivity contribution >= 4 is 27.5 Å². The lowest BCUT2D eigenvalue weighted by Gasteiger charge is -2.17. The zero-order valence-electron chi connectivity index (χ0n) is 10.0. The summed E-state index contributed by atoms with van der Waals surface area (Å²) in [6, 6.07) is 6.28. The van der Waals surface area contributed by atoms with Crippen molar-refractivity contribution < 1.29 is 4.74 Å². The minimum Gasteiger partial charge on any atom is -0.489 e. The second kappa shape index (κ2) is 7.75. The Balaban J connectivity index is 2.86. The molecule has 2 nitrogen and oxygen atoms in total. The van der Waals surface area contributed by atoms with Gasteiger partial charge in [0.25, 0.3) is 0 Å². The van der Waals surface area contributed by atoms with E-state index in [-0.39, 0.29) is 6.04 Å². The standard InChI is InChI=1S/C13H17BrClNO/c1-3-16-10(2)12-9-11(14)5-6-13(12)17-8-4-7-15/h4-7,9-10,16H,3,8H2,1-2H3. The lowest BCUT2D eigenvalue weighted by atomic mass is 10.1. The average Bonchev–Trinajstić information content (AvgIpc) is 2.31. The Morgan fingerprint density at radius 2 is 2.29 bits per heavy atom. The monoisotopic (exact) mass is 317 g/mol. The van der Waals surface area contributed by atoms with Crippen molar-refractivity contribution in [2.75, 3.05) is 13.2 Å². The van der Waals surface area contributed by atoms with Crippen molar-refractivity contribution in [1.29, 1.82) is 0 Å². The molecule has 0 aromatic heterocycles. The van der Waals surface area contributed by atoms with Gasteiger partial charge in [0.2, 0.25) is 0 Å². The summed E-state index contributed by atoms with van der Waals surface area (Å²) in [5.74, 6) is 0.886. The molecule has 1 rings (SSSR count). The SMILES string of the molecule is CCNC(C)c1cc(Br)ccc1OCC=CCl. The number of rotatable bonds is 6. The first kappa shape index (κ1) is 14.6. The molecule has 17 heavy (non-hydrogen) atoms. The van der Waals surface area contributed by atoms with Crippen LogP contribution in [0.15, 0.2) is 34.3 Å². The van der Waals surface area contributed by atoms with Gasteiger partial charge in [0.15, 0.2) is 0 Å². The van der Waals surface area contributed by atoms with Gasteiger partial charge in [-0.2, -0.15) is 0 Å². The topological polar surface area (TPSA) is 21.3 Å². The fraction of sp³-hybridized carbons (Fsp3) is 0.385. The summed E-state index contributed by atoms with van der Waals surface area (Å²) < 4.78 is 6.72. The van der Waals surface area contributed by atoms with E-state index in [0.29, 0.717) is 6.61 Å². The molecule has 94 valence electrons. The van der Waals surface area contributed by atoms with E-state index in [9.17, 15) is 0 Å². The minimum atomic E-state index is 0.257. The van der Waals surface area contributed by atoms with Gasteiger partial charge in [-0.1, -0.05) is 34.5 Å². The van der Waals surface area contributed by atoms with Crippen molar-refractivity contribution in [1.82, 2.24) is 5.32 Å². The smallest absolute Gasteiger partial charge is 0.124 e. The van der Waals surface area contributed by atoms with Gasteiger partial charge in [-0.25, -0.2) is 0 Å². The summed E-state index contributed by atoms with van der Waals surface area (Å²) in [5, 5.41) is 3.37. The van der Waals surface area contributed by atoms with Crippen LogP contribution in [0.1, 0.15) is 25.5 Å². The first-order chi connectivity index (χ1) is 8.19. The van der Waals surface area contributed by atoms with Crippen molar-refractivity contribution in [2.45, 2.75) is 19.9 Å². The van der Waals surface area contributed by atoms with Crippen molar-refractivity contribution in [3.63, 3.8) is 0 Å². The number of hydrogen-bond donors (Lipinski definition) is 1. The van der Waals surface area contributed by atoms with Gasteiger partial charge in [0.1, 0.15) is 12.4 Å². The highest BCUT2D eigenvalue weighted by atomic mass is 79.9. The van der Waals surface area contributed by atoms with Crippen molar-refractivity contribution in [3.05, 3.63) is 39.8 Å². The van der Waals surface area contributed by atoms with Crippen LogP contribution in [0.3, 0.4) is 0 Å². The lowest BCUT2D eigenvalue weighted by Crippen LogP contribution is -2.18. The van der Waals surface area contributed by atoms with Gasteiger partial charge in [0, 0.05) is 21.6 Å². The van der Waals surface area contributed by atoms with Crippen LogP contribution in [0.2, 0.25) is 0 Å². The van der Waals surface area contributed by atoms with Crippen LogP contribution in [-0.4, -0.2) is 13.2 Å². The zero-order chi connectivity index (χ0) is 12.7. The lowest BCUT2D eigenvalue weighted by molar-refractivity contribution is 0.354. The maximum atomic E-state index is 5.67. The first-order valence-corrected chi connectivity index (χ1v) is 6.82. The van der Waals surface area contributed by atoms with E-state index < -0.39 is 0 Å². The normalized spacial score (nSPS) is 12.9. The van der Waals surface area contributed by atoms with Gasteiger partial charge in [-0.3, -0.25) is 0 Å².